The molecule has 0 fully saturated rings. The third-order valence-corrected chi connectivity index (χ3v) is 2.75. The Morgan fingerprint density at radius 3 is 2.89 bits per heavy atom. The molecule has 3 nitrogen and oxygen atoms in total. The molecule has 18 heavy (non-hydrogen) atoms. The number of terminal acetylenes is 1. The van der Waals surface area contributed by atoms with Gasteiger partial charge in [-0.2, -0.15) is 0 Å². The van der Waals surface area contributed by atoms with Crippen LogP contribution in [0.2, 0.25) is 0 Å². The van der Waals surface area contributed by atoms with Crippen molar-refractivity contribution in [3.63, 3.8) is 0 Å². The maximum Gasteiger partial charge on any atom is 0.270 e. The minimum Gasteiger partial charge on any atom is -0.337 e. The molecule has 0 aliphatic carbocycles. The number of fused-ring (bicyclic) bond motifs is 1. The highest BCUT2D eigenvalue weighted by Crippen LogP contribution is 2.11. The average Bonchev–Trinajstić information content (AvgIpc) is 2.44. The molecule has 1 heterocycles. The predicted molar refractivity (Wildman–Crippen MR) is 72.1 cm³/mol. The molecule has 1 aromatic carbocycles. The SMILES string of the molecule is C#CC(CC)NC(=O)c1ccc2ccccc2n1. The van der Waals surface area contributed by atoms with Crippen molar-refractivity contribution >= 4 is 16.8 Å². The lowest BCUT2D eigenvalue weighted by Crippen LogP contribution is -2.33. The molecule has 2 rings (SSSR count). The summed E-state index contributed by atoms with van der Waals surface area (Å²) in [5.74, 6) is 2.30. The van der Waals surface area contributed by atoms with Gasteiger partial charge in [0.05, 0.1) is 11.6 Å². The summed E-state index contributed by atoms with van der Waals surface area (Å²) in [5, 5.41) is 3.77. The first-order chi connectivity index (χ1) is 8.74. The topological polar surface area (TPSA) is 42.0 Å². The number of nitrogens with zero attached hydrogens (tertiary/aromatic N) is 1. The predicted octanol–water partition coefficient (Wildman–Crippen LogP) is 2.38. The van der Waals surface area contributed by atoms with Crippen LogP contribution in [0.15, 0.2) is 36.4 Å². The number of carbonyl (C=O) groups excluding carboxylic acids is 1. The van der Waals surface area contributed by atoms with Crippen molar-refractivity contribution in [2.75, 3.05) is 0 Å². The van der Waals surface area contributed by atoms with Gasteiger partial charge >= 0.3 is 0 Å². The zero-order chi connectivity index (χ0) is 13.0. The van der Waals surface area contributed by atoms with Gasteiger partial charge in [0.2, 0.25) is 0 Å². The Hall–Kier alpha value is -2.34. The zero-order valence-corrected chi connectivity index (χ0v) is 10.2. The second kappa shape index (κ2) is 5.33. The summed E-state index contributed by atoms with van der Waals surface area (Å²) < 4.78 is 0. The van der Waals surface area contributed by atoms with Crippen molar-refractivity contribution in [2.24, 2.45) is 0 Å². The molecule has 1 amide bonds. The fraction of sp³-hybridized carbons (Fsp3) is 0.200. The number of aromatic nitrogens is 1. The Bertz CT molecular complexity index is 613. The van der Waals surface area contributed by atoms with E-state index in [2.05, 4.69) is 16.2 Å². The molecular formula is C15H14N2O. The monoisotopic (exact) mass is 238 g/mol. The van der Waals surface area contributed by atoms with E-state index in [1.807, 2.05) is 37.3 Å². The van der Waals surface area contributed by atoms with Gasteiger partial charge in [-0.3, -0.25) is 4.79 Å². The van der Waals surface area contributed by atoms with Crippen molar-refractivity contribution in [3.05, 3.63) is 42.1 Å². The summed E-state index contributed by atoms with van der Waals surface area (Å²) in [6.45, 7) is 1.93. The van der Waals surface area contributed by atoms with Gasteiger partial charge < -0.3 is 5.32 Å². The number of amides is 1. The number of carbonyl (C=O) groups is 1. The number of nitrogens with one attached hydrogen (secondary N) is 1. The number of rotatable bonds is 3. The lowest BCUT2D eigenvalue weighted by atomic mass is 10.2. The van der Waals surface area contributed by atoms with Crippen molar-refractivity contribution in [2.45, 2.75) is 19.4 Å². The van der Waals surface area contributed by atoms with E-state index in [0.29, 0.717) is 12.1 Å². The van der Waals surface area contributed by atoms with Gasteiger partial charge in [-0.15, -0.1) is 6.42 Å². The third-order valence-electron chi connectivity index (χ3n) is 2.75. The minimum absolute atomic E-state index is 0.231. The summed E-state index contributed by atoms with van der Waals surface area (Å²) in [5.41, 5.74) is 1.20. The summed E-state index contributed by atoms with van der Waals surface area (Å²) in [6.07, 6.45) is 6.02. The summed E-state index contributed by atoms with van der Waals surface area (Å²) in [4.78, 5) is 16.3. The molecule has 0 spiro atoms. The molecule has 1 N–H and O–H groups in total. The second-order valence-corrected chi connectivity index (χ2v) is 3.99. The van der Waals surface area contributed by atoms with Crippen molar-refractivity contribution in [3.8, 4) is 12.3 Å². The van der Waals surface area contributed by atoms with E-state index >= 15 is 0 Å². The first-order valence-electron chi connectivity index (χ1n) is 5.87. The number of para-hydroxylation sites is 1. The standard InChI is InChI=1S/C15H14N2O/c1-3-12(4-2)16-15(18)14-10-9-11-7-5-6-8-13(11)17-14/h1,5-10,12H,4H2,2H3,(H,16,18). The van der Waals surface area contributed by atoms with Gasteiger partial charge in [-0.05, 0) is 18.6 Å². The van der Waals surface area contributed by atoms with Gasteiger partial charge in [0.15, 0.2) is 0 Å². The molecule has 3 heteroatoms. The molecule has 1 unspecified atom stereocenters. The van der Waals surface area contributed by atoms with Crippen molar-refractivity contribution in [1.82, 2.24) is 10.3 Å². The van der Waals surface area contributed by atoms with Crippen LogP contribution in [0.3, 0.4) is 0 Å². The third kappa shape index (κ3) is 2.49. The van der Waals surface area contributed by atoms with Gasteiger partial charge in [0.25, 0.3) is 5.91 Å². The van der Waals surface area contributed by atoms with E-state index in [1.54, 1.807) is 6.07 Å². The maximum absolute atomic E-state index is 11.9. The Morgan fingerprint density at radius 1 is 1.39 bits per heavy atom. The van der Waals surface area contributed by atoms with Gasteiger partial charge in [-0.1, -0.05) is 37.1 Å². The molecule has 0 radical (unpaired) electrons. The van der Waals surface area contributed by atoms with Crippen molar-refractivity contribution in [1.29, 1.82) is 0 Å². The van der Waals surface area contributed by atoms with Gasteiger partial charge in [0, 0.05) is 5.39 Å². The smallest absolute Gasteiger partial charge is 0.270 e. The normalized spacial score (nSPS) is 11.8. The van der Waals surface area contributed by atoms with Crippen LogP contribution in [0.1, 0.15) is 23.8 Å². The average molecular weight is 238 g/mol. The number of hydrogen-bond acceptors (Lipinski definition) is 2. The van der Waals surface area contributed by atoms with E-state index < -0.39 is 0 Å². The minimum atomic E-state index is -0.245. The molecule has 1 aromatic heterocycles. The lowest BCUT2D eigenvalue weighted by Gasteiger charge is -2.10. The highest BCUT2D eigenvalue weighted by Gasteiger charge is 2.11. The molecule has 0 aliphatic rings. The molecule has 1 atom stereocenters. The van der Waals surface area contributed by atoms with E-state index in [0.717, 1.165) is 10.9 Å². The molecule has 2 aromatic rings. The van der Waals surface area contributed by atoms with Crippen LogP contribution in [-0.2, 0) is 0 Å². The summed E-state index contributed by atoms with van der Waals surface area (Å²) >= 11 is 0. The molecule has 0 bridgehead atoms. The van der Waals surface area contributed by atoms with Crippen LogP contribution in [0.5, 0.6) is 0 Å². The Morgan fingerprint density at radius 2 is 2.17 bits per heavy atom. The van der Waals surface area contributed by atoms with Crippen LogP contribution in [0.4, 0.5) is 0 Å². The van der Waals surface area contributed by atoms with E-state index in [4.69, 9.17) is 6.42 Å². The summed E-state index contributed by atoms with van der Waals surface area (Å²) in [7, 11) is 0. The molecule has 90 valence electrons. The largest absolute Gasteiger partial charge is 0.337 e. The fourth-order valence-electron chi connectivity index (χ4n) is 1.69. The highest BCUT2D eigenvalue weighted by molar-refractivity contribution is 5.95. The fourth-order valence-corrected chi connectivity index (χ4v) is 1.69. The van der Waals surface area contributed by atoms with E-state index in [1.165, 1.54) is 0 Å². The van der Waals surface area contributed by atoms with Crippen LogP contribution in [-0.4, -0.2) is 16.9 Å². The Balaban J connectivity index is 2.26. The van der Waals surface area contributed by atoms with Crippen LogP contribution in [0.25, 0.3) is 10.9 Å². The van der Waals surface area contributed by atoms with Crippen LogP contribution >= 0.6 is 0 Å². The van der Waals surface area contributed by atoms with Gasteiger partial charge in [0.1, 0.15) is 5.69 Å². The molecule has 0 saturated carbocycles. The number of benzene rings is 1. The zero-order valence-electron chi connectivity index (χ0n) is 10.2. The second-order valence-electron chi connectivity index (χ2n) is 3.99. The molecular weight excluding hydrogens is 224 g/mol. The molecule has 0 aliphatic heterocycles. The van der Waals surface area contributed by atoms with Gasteiger partial charge in [-0.25, -0.2) is 4.98 Å². The van der Waals surface area contributed by atoms with E-state index in [9.17, 15) is 4.79 Å². The number of hydrogen-bond donors (Lipinski definition) is 1. The Labute approximate surface area is 106 Å². The first-order valence-corrected chi connectivity index (χ1v) is 5.87. The van der Waals surface area contributed by atoms with Crippen molar-refractivity contribution < 1.29 is 4.79 Å². The number of pyridine rings is 1. The Kier molecular flexibility index (Phi) is 3.59. The highest BCUT2D eigenvalue weighted by atomic mass is 16.1. The van der Waals surface area contributed by atoms with E-state index in [-0.39, 0.29) is 11.9 Å². The van der Waals surface area contributed by atoms with Crippen LogP contribution < -0.4 is 5.32 Å². The van der Waals surface area contributed by atoms with Crippen LogP contribution in [0, 0.1) is 12.3 Å². The first kappa shape index (κ1) is 12.1. The maximum atomic E-state index is 11.9. The molecule has 0 saturated heterocycles. The summed E-state index contributed by atoms with van der Waals surface area (Å²) in [6, 6.07) is 11.0. The lowest BCUT2D eigenvalue weighted by molar-refractivity contribution is 0.0940. The quantitative estimate of drug-likeness (QED) is 0.834.